The third kappa shape index (κ3) is 4.03. The molecule has 0 aliphatic carbocycles. The molecule has 128 valence electrons. The molecular weight excluding hydrogens is 333 g/mol. The lowest BCUT2D eigenvalue weighted by Crippen LogP contribution is -2.41. The molecule has 0 bridgehead atoms. The maximum atomic E-state index is 12.8. The van der Waals surface area contributed by atoms with E-state index in [-0.39, 0.29) is 12.5 Å². The fourth-order valence-corrected chi connectivity index (χ4v) is 3.29. The molecule has 1 N–H and O–H groups in total. The van der Waals surface area contributed by atoms with Crippen LogP contribution in [0.1, 0.15) is 37.2 Å². The molecule has 0 radical (unpaired) electrons. The Morgan fingerprint density at radius 3 is 2.52 bits per heavy atom. The number of imidazole rings is 1. The molecule has 1 aromatic heterocycles. The number of H-pyrrole nitrogens is 1. The van der Waals surface area contributed by atoms with Gasteiger partial charge in [-0.15, -0.1) is 0 Å². The Labute approximate surface area is 131 Å². The van der Waals surface area contributed by atoms with Crippen LogP contribution in [0.3, 0.4) is 0 Å². The lowest BCUT2D eigenvalue weighted by atomic mass is 10.1. The number of rotatable bonds is 5. The highest BCUT2D eigenvalue weighted by Crippen LogP contribution is 2.31. The molecule has 0 aliphatic heterocycles. The van der Waals surface area contributed by atoms with Crippen molar-refractivity contribution in [1.29, 1.82) is 0 Å². The van der Waals surface area contributed by atoms with Crippen LogP contribution < -0.4 is 4.57 Å². The van der Waals surface area contributed by atoms with E-state index in [9.17, 15) is 26.1 Å². The number of aromatic amines is 1. The van der Waals surface area contributed by atoms with Gasteiger partial charge in [0.1, 0.15) is 6.04 Å². The van der Waals surface area contributed by atoms with Crippen molar-refractivity contribution in [1.82, 2.24) is 4.98 Å². The Balaban J connectivity index is 2.45. The van der Waals surface area contributed by atoms with Crippen molar-refractivity contribution in [2.75, 3.05) is 5.75 Å². The zero-order valence-corrected chi connectivity index (χ0v) is 13.5. The van der Waals surface area contributed by atoms with Gasteiger partial charge in [0.05, 0.1) is 15.7 Å². The van der Waals surface area contributed by atoms with Crippen LogP contribution in [0.2, 0.25) is 0 Å². The molecule has 0 saturated carbocycles. The van der Waals surface area contributed by atoms with Gasteiger partial charge in [-0.25, -0.2) is 18.0 Å². The van der Waals surface area contributed by atoms with E-state index in [1.54, 1.807) is 11.5 Å². The number of fused-ring (bicyclic) bond motifs is 1. The van der Waals surface area contributed by atoms with Crippen molar-refractivity contribution in [3.8, 4) is 0 Å². The van der Waals surface area contributed by atoms with Crippen LogP contribution in [0.15, 0.2) is 18.2 Å². The number of hydrogen-bond donors (Lipinski definition) is 1. The van der Waals surface area contributed by atoms with Crippen molar-refractivity contribution in [3.63, 3.8) is 0 Å². The fraction of sp³-hybridized carbons (Fsp3) is 0.500. The van der Waals surface area contributed by atoms with E-state index in [0.29, 0.717) is 23.3 Å². The molecule has 2 aromatic rings. The van der Waals surface area contributed by atoms with Crippen LogP contribution in [-0.2, 0) is 16.3 Å². The van der Waals surface area contributed by atoms with Gasteiger partial charge in [-0.3, -0.25) is 0 Å². The summed E-state index contributed by atoms with van der Waals surface area (Å²) in [6, 6.07) is 3.08. The summed E-state index contributed by atoms with van der Waals surface area (Å²) in [6.45, 7) is 3.53. The highest BCUT2D eigenvalue weighted by molar-refractivity contribution is 7.85. The standard InChI is InChI=1S/C14H17F3N2O3S/c1-3-11(6-7-23(20,21)22)19-9(2)18-12-8-10(14(15,16)17)4-5-13(12)19/h4-5,8,11H,3,6-7H2,1-2H3,(H,20,21,22). The molecule has 5 nitrogen and oxygen atoms in total. The van der Waals surface area contributed by atoms with Gasteiger partial charge in [0.2, 0.25) is 0 Å². The number of nitrogens with zero attached hydrogens (tertiary/aromatic N) is 1. The summed E-state index contributed by atoms with van der Waals surface area (Å²) in [5.74, 6) is 0.0973. The predicted octanol–water partition coefficient (Wildman–Crippen LogP) is 2.67. The van der Waals surface area contributed by atoms with Crippen LogP contribution >= 0.6 is 0 Å². The lowest BCUT2D eigenvalue weighted by molar-refractivity contribution is -0.704. The first-order valence-corrected chi connectivity index (χ1v) is 8.65. The smallest absolute Gasteiger partial charge is 0.416 e. The van der Waals surface area contributed by atoms with Gasteiger partial charge >= 0.3 is 6.18 Å². The Kier molecular flexibility index (Phi) is 4.72. The van der Waals surface area contributed by atoms with Crippen molar-refractivity contribution < 1.29 is 30.7 Å². The lowest BCUT2D eigenvalue weighted by Gasteiger charge is -2.15. The highest BCUT2D eigenvalue weighted by Gasteiger charge is 2.32. The average molecular weight is 350 g/mol. The van der Waals surface area contributed by atoms with Gasteiger partial charge in [0.15, 0.2) is 11.0 Å². The topological polar surface area (TPSA) is 76.9 Å². The van der Waals surface area contributed by atoms with Gasteiger partial charge in [-0.05, 0) is 18.6 Å². The number of benzene rings is 1. The van der Waals surface area contributed by atoms with Gasteiger partial charge in [-0.1, -0.05) is 6.92 Å². The number of nitrogens with one attached hydrogen (secondary N) is 1. The van der Waals surface area contributed by atoms with Gasteiger partial charge < -0.3 is 4.55 Å². The summed E-state index contributed by atoms with van der Waals surface area (Å²) < 4.78 is 72.6. The normalized spacial score (nSPS) is 14.3. The van der Waals surface area contributed by atoms with E-state index in [4.69, 9.17) is 0 Å². The molecule has 0 saturated heterocycles. The minimum atomic E-state index is -4.43. The van der Waals surface area contributed by atoms with Crippen LogP contribution in [0, 0.1) is 6.92 Å². The maximum absolute atomic E-state index is 12.8. The number of hydrogen-bond acceptors (Lipinski definition) is 3. The molecule has 9 heteroatoms. The Bertz CT molecular complexity index is 813. The molecule has 2 rings (SSSR count). The Morgan fingerprint density at radius 1 is 1.35 bits per heavy atom. The fourth-order valence-electron chi connectivity index (χ4n) is 2.73. The zero-order valence-electron chi connectivity index (χ0n) is 12.6. The largest absolute Gasteiger partial charge is 0.748 e. The first-order chi connectivity index (χ1) is 10.5. The summed E-state index contributed by atoms with van der Waals surface area (Å²) in [6.07, 6.45) is -3.77. The SMILES string of the molecule is CCC(CCS(=O)(=O)[O-])[n+]1c(C)[nH]c2cc(C(F)(F)F)ccc21. The third-order valence-corrected chi connectivity index (χ3v) is 4.53. The third-order valence-electron chi connectivity index (χ3n) is 3.80. The van der Waals surface area contributed by atoms with Gasteiger partial charge in [-0.2, -0.15) is 13.2 Å². The van der Waals surface area contributed by atoms with E-state index in [2.05, 4.69) is 4.98 Å². The molecular formula is C14H17F3N2O3S. The average Bonchev–Trinajstić information content (AvgIpc) is 2.73. The molecule has 1 heterocycles. The van der Waals surface area contributed by atoms with Crippen molar-refractivity contribution in [2.45, 2.75) is 38.9 Å². The summed E-state index contributed by atoms with van der Waals surface area (Å²) in [7, 11) is -4.33. The molecule has 1 unspecified atom stereocenters. The molecule has 0 amide bonds. The highest BCUT2D eigenvalue weighted by atomic mass is 32.2. The summed E-state index contributed by atoms with van der Waals surface area (Å²) >= 11 is 0. The Hall–Kier alpha value is -1.61. The van der Waals surface area contributed by atoms with Crippen molar-refractivity contribution >= 4 is 21.2 Å². The second kappa shape index (κ2) is 6.12. The molecule has 23 heavy (non-hydrogen) atoms. The molecule has 0 aliphatic rings. The predicted molar refractivity (Wildman–Crippen MR) is 76.7 cm³/mol. The van der Waals surface area contributed by atoms with E-state index in [1.807, 2.05) is 6.92 Å². The number of halogens is 3. The maximum Gasteiger partial charge on any atom is 0.416 e. The number of aryl methyl sites for hydroxylation is 1. The minimum Gasteiger partial charge on any atom is -0.748 e. The Morgan fingerprint density at radius 2 is 2.00 bits per heavy atom. The minimum absolute atomic E-state index is 0.113. The number of alkyl halides is 3. The quantitative estimate of drug-likeness (QED) is 0.665. The summed E-state index contributed by atoms with van der Waals surface area (Å²) in [5.41, 5.74) is 0.111. The monoisotopic (exact) mass is 350 g/mol. The van der Waals surface area contributed by atoms with Crippen molar-refractivity contribution in [3.05, 3.63) is 29.6 Å². The molecule has 1 atom stereocenters. The summed E-state index contributed by atoms with van der Waals surface area (Å²) in [4.78, 5) is 2.89. The van der Waals surface area contributed by atoms with Gasteiger partial charge in [0, 0.05) is 25.2 Å². The van der Waals surface area contributed by atoms with Crippen LogP contribution in [-0.4, -0.2) is 23.7 Å². The zero-order chi connectivity index (χ0) is 17.4. The van der Waals surface area contributed by atoms with Crippen LogP contribution in [0.5, 0.6) is 0 Å². The number of aromatic nitrogens is 2. The first kappa shape index (κ1) is 17.7. The second-order valence-electron chi connectivity index (χ2n) is 5.42. The van der Waals surface area contributed by atoms with E-state index in [1.165, 1.54) is 6.07 Å². The summed E-state index contributed by atoms with van der Waals surface area (Å²) in [5, 5.41) is 0. The van der Waals surface area contributed by atoms with Crippen molar-refractivity contribution in [2.24, 2.45) is 0 Å². The molecule has 0 fully saturated rings. The van der Waals surface area contributed by atoms with E-state index in [0.717, 1.165) is 12.1 Å². The van der Waals surface area contributed by atoms with Crippen LogP contribution in [0.4, 0.5) is 13.2 Å². The molecule has 0 spiro atoms. The van der Waals surface area contributed by atoms with Gasteiger partial charge in [0.25, 0.3) is 5.82 Å². The van der Waals surface area contributed by atoms with Crippen LogP contribution in [0.25, 0.3) is 11.0 Å². The van der Waals surface area contributed by atoms with E-state index >= 15 is 0 Å². The molecule has 1 aromatic carbocycles. The first-order valence-electron chi connectivity index (χ1n) is 7.07. The van der Waals surface area contributed by atoms with E-state index < -0.39 is 27.6 Å². The second-order valence-corrected chi connectivity index (χ2v) is 6.95.